The lowest BCUT2D eigenvalue weighted by atomic mass is 9.86. The molecule has 1 saturated heterocycles. The molecule has 1 fully saturated rings. The molecule has 0 saturated carbocycles. The Kier molecular flexibility index (Phi) is 4.10. The zero-order valence-corrected chi connectivity index (χ0v) is 12.4. The fourth-order valence-electron chi connectivity index (χ4n) is 3.06. The summed E-state index contributed by atoms with van der Waals surface area (Å²) in [5, 5.41) is 15.4. The first kappa shape index (κ1) is 14.0. The van der Waals surface area contributed by atoms with E-state index in [9.17, 15) is 9.90 Å². The molecule has 2 heterocycles. The normalized spacial score (nSPS) is 24.9. The number of aliphatic hydroxyl groups is 1. The van der Waals surface area contributed by atoms with Crippen LogP contribution >= 0.6 is 11.3 Å². The summed E-state index contributed by atoms with van der Waals surface area (Å²) in [6.45, 7) is 1.49. The first-order valence-electron chi connectivity index (χ1n) is 7.32. The van der Waals surface area contributed by atoms with E-state index in [0.717, 1.165) is 19.3 Å². The van der Waals surface area contributed by atoms with Crippen molar-refractivity contribution in [3.63, 3.8) is 0 Å². The third kappa shape index (κ3) is 2.90. The highest BCUT2D eigenvalue weighted by atomic mass is 32.1. The number of fused-ring (bicyclic) bond motifs is 1. The predicted octanol–water partition coefficient (Wildman–Crippen LogP) is 1.83. The van der Waals surface area contributed by atoms with Crippen LogP contribution in [0.25, 0.3) is 0 Å². The molecule has 1 aromatic heterocycles. The quantitative estimate of drug-likeness (QED) is 0.894. The summed E-state index contributed by atoms with van der Waals surface area (Å²) in [5.41, 5.74) is 0.401. The molecular weight excluding hydrogens is 274 g/mol. The van der Waals surface area contributed by atoms with Gasteiger partial charge in [0.15, 0.2) is 0 Å². The van der Waals surface area contributed by atoms with Gasteiger partial charge in [-0.1, -0.05) is 0 Å². The molecule has 110 valence electrons. The van der Waals surface area contributed by atoms with Gasteiger partial charge < -0.3 is 15.2 Å². The van der Waals surface area contributed by atoms with Crippen LogP contribution < -0.4 is 5.32 Å². The van der Waals surface area contributed by atoms with Crippen molar-refractivity contribution >= 4 is 17.2 Å². The summed E-state index contributed by atoms with van der Waals surface area (Å²) >= 11 is 1.75. The second kappa shape index (κ2) is 5.84. The number of carbonyl (C=O) groups is 1. The van der Waals surface area contributed by atoms with Gasteiger partial charge in [-0.15, -0.1) is 11.3 Å². The van der Waals surface area contributed by atoms with Crippen LogP contribution in [0, 0.1) is 0 Å². The van der Waals surface area contributed by atoms with Crippen molar-refractivity contribution in [3.8, 4) is 0 Å². The van der Waals surface area contributed by atoms with Crippen LogP contribution in [0.5, 0.6) is 0 Å². The number of hydrogen-bond donors (Lipinski definition) is 2. The lowest BCUT2D eigenvalue weighted by Crippen LogP contribution is -2.47. The second-order valence-corrected chi connectivity index (χ2v) is 6.80. The largest absolute Gasteiger partial charge is 0.388 e. The average molecular weight is 295 g/mol. The average Bonchev–Trinajstić information content (AvgIpc) is 2.94. The van der Waals surface area contributed by atoms with Gasteiger partial charge in [-0.25, -0.2) is 0 Å². The Morgan fingerprint density at radius 3 is 3.10 bits per heavy atom. The molecule has 1 atom stereocenters. The van der Waals surface area contributed by atoms with E-state index in [0.29, 0.717) is 32.6 Å². The Bertz CT molecular complexity index is 479. The van der Waals surface area contributed by atoms with E-state index in [4.69, 9.17) is 4.74 Å². The monoisotopic (exact) mass is 295 g/mol. The molecule has 2 aliphatic rings. The summed E-state index contributed by atoms with van der Waals surface area (Å²) in [6, 6.07) is 2.08. The Labute approximate surface area is 123 Å². The standard InChI is InChI=1S/C15H21NO3S/c17-14(16-10-15(18)5-7-19-8-6-15)12-2-1-3-13-11(12)4-9-20-13/h4,9,12,18H,1-3,5-8,10H2,(H,16,17). The van der Waals surface area contributed by atoms with Gasteiger partial charge in [0.2, 0.25) is 5.91 Å². The van der Waals surface area contributed by atoms with E-state index in [2.05, 4.69) is 16.8 Å². The molecule has 1 amide bonds. The number of rotatable bonds is 3. The number of amides is 1. The third-order valence-electron chi connectivity index (χ3n) is 4.38. The SMILES string of the molecule is O=C(NCC1(O)CCOCC1)C1CCCc2sccc21. The predicted molar refractivity (Wildman–Crippen MR) is 78.0 cm³/mol. The molecule has 4 nitrogen and oxygen atoms in total. The number of ether oxygens (including phenoxy) is 1. The van der Waals surface area contributed by atoms with E-state index >= 15 is 0 Å². The summed E-state index contributed by atoms with van der Waals surface area (Å²) in [6.07, 6.45) is 4.28. The highest BCUT2D eigenvalue weighted by Gasteiger charge is 2.32. The lowest BCUT2D eigenvalue weighted by molar-refractivity contribution is -0.125. The van der Waals surface area contributed by atoms with Crippen molar-refractivity contribution in [1.29, 1.82) is 0 Å². The number of aryl methyl sites for hydroxylation is 1. The van der Waals surface area contributed by atoms with Crippen LogP contribution in [0.15, 0.2) is 11.4 Å². The molecule has 1 aromatic rings. The van der Waals surface area contributed by atoms with Crippen LogP contribution in [-0.4, -0.2) is 36.4 Å². The lowest BCUT2D eigenvalue weighted by Gasteiger charge is -2.33. The number of nitrogens with one attached hydrogen (secondary N) is 1. The van der Waals surface area contributed by atoms with Crippen molar-refractivity contribution in [2.45, 2.75) is 43.6 Å². The number of thiophene rings is 1. The first-order chi connectivity index (χ1) is 9.68. The zero-order chi connectivity index (χ0) is 14.0. The summed E-state index contributed by atoms with van der Waals surface area (Å²) in [5.74, 6) is 0.0257. The maximum Gasteiger partial charge on any atom is 0.227 e. The molecule has 1 aliphatic heterocycles. The van der Waals surface area contributed by atoms with Crippen molar-refractivity contribution < 1.29 is 14.6 Å². The summed E-state index contributed by atoms with van der Waals surface area (Å²) < 4.78 is 5.25. The Morgan fingerprint density at radius 2 is 2.30 bits per heavy atom. The maximum atomic E-state index is 12.4. The Hall–Kier alpha value is -0.910. The smallest absolute Gasteiger partial charge is 0.227 e. The van der Waals surface area contributed by atoms with Crippen LogP contribution in [0.4, 0.5) is 0 Å². The molecule has 1 aliphatic carbocycles. The van der Waals surface area contributed by atoms with Gasteiger partial charge in [-0.05, 0) is 36.3 Å². The molecule has 0 bridgehead atoms. The molecule has 20 heavy (non-hydrogen) atoms. The molecule has 2 N–H and O–H groups in total. The van der Waals surface area contributed by atoms with Gasteiger partial charge in [0, 0.05) is 37.5 Å². The fourth-order valence-corrected chi connectivity index (χ4v) is 4.05. The molecule has 5 heteroatoms. The van der Waals surface area contributed by atoms with Gasteiger partial charge in [-0.3, -0.25) is 4.79 Å². The summed E-state index contributed by atoms with van der Waals surface area (Å²) in [4.78, 5) is 13.7. The molecule has 0 radical (unpaired) electrons. The van der Waals surface area contributed by atoms with Crippen molar-refractivity contribution in [2.75, 3.05) is 19.8 Å². The van der Waals surface area contributed by atoms with Crippen LogP contribution in [0.1, 0.15) is 42.0 Å². The number of hydrogen-bond acceptors (Lipinski definition) is 4. The highest BCUT2D eigenvalue weighted by molar-refractivity contribution is 7.10. The zero-order valence-electron chi connectivity index (χ0n) is 11.6. The maximum absolute atomic E-state index is 12.4. The molecule has 0 aromatic carbocycles. The highest BCUT2D eigenvalue weighted by Crippen LogP contribution is 2.35. The van der Waals surface area contributed by atoms with Crippen LogP contribution in [-0.2, 0) is 16.0 Å². The van der Waals surface area contributed by atoms with Crippen molar-refractivity contribution in [2.24, 2.45) is 0 Å². The minimum Gasteiger partial charge on any atom is -0.388 e. The molecule has 3 rings (SSSR count). The molecular formula is C15H21NO3S. The van der Waals surface area contributed by atoms with Crippen molar-refractivity contribution in [3.05, 3.63) is 21.9 Å². The van der Waals surface area contributed by atoms with Crippen LogP contribution in [0.3, 0.4) is 0 Å². The van der Waals surface area contributed by atoms with E-state index in [1.54, 1.807) is 11.3 Å². The third-order valence-corrected chi connectivity index (χ3v) is 5.38. The van der Waals surface area contributed by atoms with E-state index < -0.39 is 5.60 Å². The van der Waals surface area contributed by atoms with Gasteiger partial charge in [0.1, 0.15) is 0 Å². The number of carbonyl (C=O) groups excluding carboxylic acids is 1. The van der Waals surface area contributed by atoms with Gasteiger partial charge in [0.05, 0.1) is 11.5 Å². The Balaban J connectivity index is 1.60. The van der Waals surface area contributed by atoms with Gasteiger partial charge in [-0.2, -0.15) is 0 Å². The van der Waals surface area contributed by atoms with Crippen LogP contribution in [0.2, 0.25) is 0 Å². The first-order valence-corrected chi connectivity index (χ1v) is 8.20. The molecule has 0 spiro atoms. The van der Waals surface area contributed by atoms with Gasteiger partial charge in [0.25, 0.3) is 0 Å². The topological polar surface area (TPSA) is 58.6 Å². The Morgan fingerprint density at radius 1 is 1.50 bits per heavy atom. The second-order valence-electron chi connectivity index (χ2n) is 5.80. The fraction of sp³-hybridized carbons (Fsp3) is 0.667. The minimum atomic E-state index is -0.792. The van der Waals surface area contributed by atoms with Crippen molar-refractivity contribution in [1.82, 2.24) is 5.32 Å². The minimum absolute atomic E-state index is 0.0339. The molecule has 1 unspecified atom stereocenters. The van der Waals surface area contributed by atoms with E-state index in [1.165, 1.54) is 10.4 Å². The summed E-state index contributed by atoms with van der Waals surface area (Å²) in [7, 11) is 0. The van der Waals surface area contributed by atoms with E-state index in [-0.39, 0.29) is 11.8 Å². The van der Waals surface area contributed by atoms with E-state index in [1.807, 2.05) is 0 Å². The van der Waals surface area contributed by atoms with Gasteiger partial charge >= 0.3 is 0 Å².